The van der Waals surface area contributed by atoms with Crippen molar-refractivity contribution in [2.24, 2.45) is 0 Å². The summed E-state index contributed by atoms with van der Waals surface area (Å²) in [5.41, 5.74) is 0. The van der Waals surface area contributed by atoms with Gasteiger partial charge in [0.2, 0.25) is 0 Å². The van der Waals surface area contributed by atoms with Gasteiger partial charge in [0.1, 0.15) is 6.17 Å². The summed E-state index contributed by atoms with van der Waals surface area (Å²) < 4.78 is 13.2. The smallest absolute Gasteiger partial charge is 0.117 e. The van der Waals surface area contributed by atoms with Crippen molar-refractivity contribution in [3.05, 3.63) is 0 Å². The lowest BCUT2D eigenvalue weighted by Gasteiger charge is -2.23. The van der Waals surface area contributed by atoms with Crippen LogP contribution in [0.15, 0.2) is 0 Å². The average molecular weight is 188 g/mol. The van der Waals surface area contributed by atoms with E-state index in [0.717, 1.165) is 19.5 Å². The molecule has 13 heavy (non-hydrogen) atoms. The van der Waals surface area contributed by atoms with Crippen LogP contribution in [0.5, 0.6) is 0 Å². The zero-order valence-corrected chi connectivity index (χ0v) is 8.89. The molecule has 2 unspecified atom stereocenters. The van der Waals surface area contributed by atoms with Crippen LogP contribution in [0, 0.1) is 0 Å². The molecule has 1 saturated heterocycles. The van der Waals surface area contributed by atoms with Crippen LogP contribution in [0.2, 0.25) is 0 Å². The molecule has 2 nitrogen and oxygen atoms in total. The maximum absolute atomic E-state index is 13.2. The van der Waals surface area contributed by atoms with Crippen molar-refractivity contribution >= 4 is 0 Å². The minimum Gasteiger partial charge on any atom is -0.311 e. The van der Waals surface area contributed by atoms with Gasteiger partial charge in [0.25, 0.3) is 0 Å². The number of nitrogens with one attached hydrogen (secondary N) is 1. The minimum absolute atomic E-state index is 0.0983. The molecule has 0 radical (unpaired) electrons. The Bertz CT molecular complexity index is 150. The van der Waals surface area contributed by atoms with Crippen molar-refractivity contribution < 1.29 is 4.39 Å². The van der Waals surface area contributed by atoms with Gasteiger partial charge in [0, 0.05) is 12.1 Å². The van der Waals surface area contributed by atoms with E-state index in [9.17, 15) is 4.39 Å². The molecule has 0 aromatic rings. The van der Waals surface area contributed by atoms with Crippen LogP contribution in [0.1, 0.15) is 26.7 Å². The monoisotopic (exact) mass is 188 g/mol. The van der Waals surface area contributed by atoms with Crippen molar-refractivity contribution in [2.45, 2.75) is 44.9 Å². The second kappa shape index (κ2) is 4.91. The Morgan fingerprint density at radius 2 is 2.23 bits per heavy atom. The Balaban J connectivity index is 2.18. The predicted octanol–water partition coefficient (Wildman–Crippen LogP) is 1.42. The molecule has 0 amide bonds. The first-order valence-corrected chi connectivity index (χ1v) is 5.19. The first-order chi connectivity index (χ1) is 6.11. The third-order valence-electron chi connectivity index (χ3n) is 2.94. The van der Waals surface area contributed by atoms with Crippen LogP contribution < -0.4 is 5.32 Å². The normalized spacial score (nSPS) is 29.1. The number of rotatable bonds is 4. The van der Waals surface area contributed by atoms with E-state index in [0.29, 0.717) is 12.5 Å². The molecule has 1 rings (SSSR count). The number of hydrogen-bond donors (Lipinski definition) is 1. The van der Waals surface area contributed by atoms with E-state index < -0.39 is 6.17 Å². The van der Waals surface area contributed by atoms with E-state index in [-0.39, 0.29) is 6.04 Å². The van der Waals surface area contributed by atoms with Gasteiger partial charge in [-0.1, -0.05) is 0 Å². The summed E-state index contributed by atoms with van der Waals surface area (Å²) >= 11 is 0. The fourth-order valence-corrected chi connectivity index (χ4v) is 1.62. The quantitative estimate of drug-likeness (QED) is 0.717. The van der Waals surface area contributed by atoms with Crippen LogP contribution in [0.3, 0.4) is 0 Å². The lowest BCUT2D eigenvalue weighted by molar-refractivity contribution is 0.229. The summed E-state index contributed by atoms with van der Waals surface area (Å²) in [5.74, 6) is 0. The summed E-state index contributed by atoms with van der Waals surface area (Å²) in [6.45, 7) is 6.15. The minimum atomic E-state index is -0.624. The summed E-state index contributed by atoms with van der Waals surface area (Å²) in [6.07, 6.45) is 0.992. The third-order valence-corrected chi connectivity index (χ3v) is 2.94. The number of alkyl halides is 1. The van der Waals surface area contributed by atoms with Gasteiger partial charge in [-0.2, -0.15) is 0 Å². The van der Waals surface area contributed by atoms with Crippen molar-refractivity contribution in [1.29, 1.82) is 0 Å². The molecule has 0 aliphatic carbocycles. The average Bonchev–Trinajstić information content (AvgIpc) is 2.47. The lowest BCUT2D eigenvalue weighted by Crippen LogP contribution is -2.35. The highest BCUT2D eigenvalue weighted by Crippen LogP contribution is 2.14. The molecule has 1 heterocycles. The molecule has 0 bridgehead atoms. The first kappa shape index (κ1) is 10.9. The topological polar surface area (TPSA) is 15.3 Å². The molecule has 78 valence electrons. The molecule has 0 spiro atoms. The van der Waals surface area contributed by atoms with Crippen molar-refractivity contribution in [3.8, 4) is 0 Å². The lowest BCUT2D eigenvalue weighted by atomic mass is 10.1. The molecule has 1 fully saturated rings. The van der Waals surface area contributed by atoms with Crippen molar-refractivity contribution in [3.63, 3.8) is 0 Å². The Hall–Kier alpha value is -0.150. The fourth-order valence-electron chi connectivity index (χ4n) is 1.62. The molecule has 3 heteroatoms. The Kier molecular flexibility index (Phi) is 4.13. The summed E-state index contributed by atoms with van der Waals surface area (Å²) in [6, 6.07) is 0.653. The van der Waals surface area contributed by atoms with E-state index in [1.165, 1.54) is 0 Å². The second-order valence-corrected chi connectivity index (χ2v) is 4.23. The maximum Gasteiger partial charge on any atom is 0.117 e. The summed E-state index contributed by atoms with van der Waals surface area (Å²) in [7, 11) is 2.09. The van der Waals surface area contributed by atoms with Crippen LogP contribution in [0.4, 0.5) is 4.39 Å². The summed E-state index contributed by atoms with van der Waals surface area (Å²) in [5, 5.41) is 3.20. The molecule has 1 N–H and O–H groups in total. The molecule has 0 aromatic carbocycles. The first-order valence-electron chi connectivity index (χ1n) is 5.19. The zero-order chi connectivity index (χ0) is 9.84. The predicted molar refractivity (Wildman–Crippen MR) is 53.7 cm³/mol. The number of hydrogen-bond acceptors (Lipinski definition) is 2. The Morgan fingerprint density at radius 1 is 1.54 bits per heavy atom. The van der Waals surface area contributed by atoms with Gasteiger partial charge in [-0.05, 0) is 46.8 Å². The molecular weight excluding hydrogens is 167 g/mol. The number of halogens is 1. The van der Waals surface area contributed by atoms with Crippen LogP contribution in [-0.2, 0) is 0 Å². The van der Waals surface area contributed by atoms with Crippen molar-refractivity contribution in [2.75, 3.05) is 20.1 Å². The highest BCUT2D eigenvalue weighted by molar-refractivity contribution is 4.84. The van der Waals surface area contributed by atoms with Gasteiger partial charge in [-0.15, -0.1) is 0 Å². The van der Waals surface area contributed by atoms with E-state index in [2.05, 4.69) is 31.1 Å². The molecule has 0 saturated carbocycles. The highest BCUT2D eigenvalue weighted by atomic mass is 19.1. The van der Waals surface area contributed by atoms with E-state index in [4.69, 9.17) is 0 Å². The zero-order valence-electron chi connectivity index (χ0n) is 8.89. The van der Waals surface area contributed by atoms with Gasteiger partial charge in [0.05, 0.1) is 0 Å². The van der Waals surface area contributed by atoms with Gasteiger partial charge in [0.15, 0.2) is 0 Å². The molecular formula is C10H21FN2. The molecule has 0 aromatic heterocycles. The van der Waals surface area contributed by atoms with Gasteiger partial charge in [-0.25, -0.2) is 4.39 Å². The van der Waals surface area contributed by atoms with Crippen LogP contribution in [0.25, 0.3) is 0 Å². The highest BCUT2D eigenvalue weighted by Gasteiger charge is 2.26. The second-order valence-electron chi connectivity index (χ2n) is 4.23. The summed E-state index contributed by atoms with van der Waals surface area (Å²) in [4.78, 5) is 2.26. The Labute approximate surface area is 80.5 Å². The molecule has 2 atom stereocenters. The molecule has 1 aliphatic heterocycles. The van der Waals surface area contributed by atoms with E-state index >= 15 is 0 Å². The Morgan fingerprint density at radius 3 is 2.69 bits per heavy atom. The van der Waals surface area contributed by atoms with Gasteiger partial charge < -0.3 is 10.2 Å². The van der Waals surface area contributed by atoms with E-state index in [1.807, 2.05) is 0 Å². The number of nitrogens with zero attached hydrogens (tertiary/aromatic N) is 1. The van der Waals surface area contributed by atoms with E-state index in [1.54, 1.807) is 0 Å². The van der Waals surface area contributed by atoms with Crippen LogP contribution >= 0.6 is 0 Å². The van der Waals surface area contributed by atoms with Crippen LogP contribution in [-0.4, -0.2) is 43.3 Å². The molecule has 1 aliphatic rings. The third kappa shape index (κ3) is 3.24. The SMILES string of the molecule is CC(C)N(C)CCC1NCCC1F. The fraction of sp³-hybridized carbons (Fsp3) is 1.00. The van der Waals surface area contributed by atoms with Gasteiger partial charge in [-0.3, -0.25) is 0 Å². The van der Waals surface area contributed by atoms with Crippen molar-refractivity contribution in [1.82, 2.24) is 10.2 Å². The largest absolute Gasteiger partial charge is 0.311 e. The van der Waals surface area contributed by atoms with Gasteiger partial charge >= 0.3 is 0 Å². The maximum atomic E-state index is 13.2. The standard InChI is InChI=1S/C10H21FN2/c1-8(2)13(3)7-5-10-9(11)4-6-12-10/h8-10,12H,4-7H2,1-3H3.